The number of piperidine rings is 1. The van der Waals surface area contributed by atoms with Gasteiger partial charge in [-0.2, -0.15) is 13.1 Å². The number of nitrogen functional groups attached to an aromatic ring is 1. The van der Waals surface area contributed by atoms with Crippen molar-refractivity contribution < 1.29 is 22.7 Å². The number of fused-ring (bicyclic) bond motifs is 1. The van der Waals surface area contributed by atoms with Gasteiger partial charge in [0.15, 0.2) is 0 Å². The maximum Gasteiger partial charge on any atom is 0.321 e. The molecule has 1 saturated heterocycles. The number of hydrogen-bond acceptors (Lipinski definition) is 7. The fourth-order valence-corrected chi connectivity index (χ4v) is 5.45. The van der Waals surface area contributed by atoms with Crippen LogP contribution in [0.15, 0.2) is 60.7 Å². The molecule has 1 aliphatic heterocycles. The molecule has 1 aliphatic rings. The first-order chi connectivity index (χ1) is 18.2. The molecule has 1 heterocycles. The summed E-state index contributed by atoms with van der Waals surface area (Å²) in [4.78, 5) is 11.9. The summed E-state index contributed by atoms with van der Waals surface area (Å²) >= 11 is 0. The molecule has 0 saturated carbocycles. The highest BCUT2D eigenvalue weighted by Crippen LogP contribution is 2.26. The van der Waals surface area contributed by atoms with Crippen LogP contribution in [-0.2, 0) is 26.3 Å². The van der Waals surface area contributed by atoms with Crippen LogP contribution in [0.25, 0.3) is 10.8 Å². The lowest BCUT2D eigenvalue weighted by molar-refractivity contribution is -0.141. The van der Waals surface area contributed by atoms with Crippen LogP contribution in [0.3, 0.4) is 0 Å². The fraction of sp³-hybridized carbons (Fsp3) is 0.333. The highest BCUT2D eigenvalue weighted by Gasteiger charge is 2.24. The number of esters is 1. The van der Waals surface area contributed by atoms with Crippen molar-refractivity contribution in [3.8, 4) is 5.75 Å². The predicted octanol–water partition coefficient (Wildman–Crippen LogP) is 3.50. The van der Waals surface area contributed by atoms with Gasteiger partial charge in [0.2, 0.25) is 0 Å². The van der Waals surface area contributed by atoms with Gasteiger partial charge in [0, 0.05) is 5.56 Å². The van der Waals surface area contributed by atoms with E-state index in [1.807, 2.05) is 24.3 Å². The third-order valence-corrected chi connectivity index (χ3v) is 7.68. The maximum absolute atomic E-state index is 13.4. The summed E-state index contributed by atoms with van der Waals surface area (Å²) in [7, 11) is -4.12. The van der Waals surface area contributed by atoms with E-state index in [1.54, 1.807) is 43.3 Å². The molecule has 0 radical (unpaired) electrons. The van der Waals surface area contributed by atoms with E-state index in [1.165, 1.54) is 4.31 Å². The minimum absolute atomic E-state index is 0. The Hall–Kier alpha value is -3.09. The SMILES string of the molecule is CCOC(=O)CNS(=O)(=O)N(Cc1ccc2ccc(C(=N)N)cc2c1)c1ccc(OC2CCNCC2)cc1.Cl.Cl. The molecular formula is C27H35Cl2N5O5S. The zero-order valence-electron chi connectivity index (χ0n) is 22.1. The summed E-state index contributed by atoms with van der Waals surface area (Å²) in [5, 5.41) is 12.8. The normalized spacial score (nSPS) is 13.5. The third kappa shape index (κ3) is 8.70. The van der Waals surface area contributed by atoms with Crippen molar-refractivity contribution in [2.75, 3.05) is 30.5 Å². The van der Waals surface area contributed by atoms with Crippen LogP contribution in [0.5, 0.6) is 5.75 Å². The minimum atomic E-state index is -4.12. The van der Waals surface area contributed by atoms with Crippen molar-refractivity contribution in [2.24, 2.45) is 5.73 Å². The van der Waals surface area contributed by atoms with E-state index in [0.29, 0.717) is 17.0 Å². The molecule has 10 nitrogen and oxygen atoms in total. The molecule has 0 amide bonds. The van der Waals surface area contributed by atoms with Crippen LogP contribution in [0.4, 0.5) is 5.69 Å². The van der Waals surface area contributed by atoms with Gasteiger partial charge in [0.05, 0.1) is 18.8 Å². The molecule has 3 aromatic carbocycles. The number of nitrogens with one attached hydrogen (secondary N) is 3. The van der Waals surface area contributed by atoms with E-state index in [9.17, 15) is 13.2 Å². The van der Waals surface area contributed by atoms with Crippen molar-refractivity contribution in [2.45, 2.75) is 32.4 Å². The molecule has 1 fully saturated rings. The smallest absolute Gasteiger partial charge is 0.321 e. The van der Waals surface area contributed by atoms with Crippen molar-refractivity contribution in [3.05, 3.63) is 71.8 Å². The molecule has 3 aromatic rings. The number of rotatable bonds is 11. The number of carbonyl (C=O) groups excluding carboxylic acids is 1. The Morgan fingerprint density at radius 3 is 2.38 bits per heavy atom. The number of anilines is 1. The summed E-state index contributed by atoms with van der Waals surface area (Å²) in [6, 6.07) is 17.9. The fourth-order valence-electron chi connectivity index (χ4n) is 4.28. The second kappa shape index (κ2) is 15.1. The molecule has 0 bridgehead atoms. The van der Waals surface area contributed by atoms with Crippen LogP contribution in [0, 0.1) is 5.41 Å². The second-order valence-electron chi connectivity index (χ2n) is 9.01. The van der Waals surface area contributed by atoms with E-state index >= 15 is 0 Å². The zero-order valence-corrected chi connectivity index (χ0v) is 24.5. The number of ether oxygens (including phenoxy) is 2. The number of carbonyl (C=O) groups is 1. The van der Waals surface area contributed by atoms with Gasteiger partial charge in [-0.05, 0) is 85.6 Å². The van der Waals surface area contributed by atoms with Gasteiger partial charge in [-0.15, -0.1) is 24.8 Å². The minimum Gasteiger partial charge on any atom is -0.490 e. The first-order valence-electron chi connectivity index (χ1n) is 12.5. The molecule has 4 rings (SSSR count). The van der Waals surface area contributed by atoms with Gasteiger partial charge in [-0.25, -0.2) is 0 Å². The Labute approximate surface area is 247 Å². The topological polar surface area (TPSA) is 147 Å². The van der Waals surface area contributed by atoms with Crippen molar-refractivity contribution in [3.63, 3.8) is 0 Å². The average Bonchev–Trinajstić information content (AvgIpc) is 2.91. The first-order valence-corrected chi connectivity index (χ1v) is 14.0. The van der Waals surface area contributed by atoms with E-state index in [2.05, 4.69) is 10.0 Å². The van der Waals surface area contributed by atoms with Gasteiger partial charge in [0.25, 0.3) is 0 Å². The molecule has 40 heavy (non-hydrogen) atoms. The van der Waals surface area contributed by atoms with E-state index in [4.69, 9.17) is 20.6 Å². The van der Waals surface area contributed by atoms with Crippen LogP contribution in [0.1, 0.15) is 30.9 Å². The van der Waals surface area contributed by atoms with E-state index in [0.717, 1.165) is 42.3 Å². The molecule has 0 atom stereocenters. The summed E-state index contributed by atoms with van der Waals surface area (Å²) in [6.45, 7) is 3.14. The molecule has 218 valence electrons. The molecule has 0 spiro atoms. The van der Waals surface area contributed by atoms with Gasteiger partial charge in [-0.3, -0.25) is 14.5 Å². The number of benzene rings is 3. The molecule has 13 heteroatoms. The number of nitrogens with zero attached hydrogens (tertiary/aromatic N) is 1. The Morgan fingerprint density at radius 2 is 1.73 bits per heavy atom. The monoisotopic (exact) mass is 611 g/mol. The number of nitrogens with two attached hydrogens (primary N) is 1. The summed E-state index contributed by atoms with van der Waals surface area (Å²) in [5.41, 5.74) is 7.36. The number of amidine groups is 1. The highest BCUT2D eigenvalue weighted by molar-refractivity contribution is 7.90. The first kappa shape index (κ1) is 33.1. The summed E-state index contributed by atoms with van der Waals surface area (Å²) in [6.07, 6.45) is 1.94. The largest absolute Gasteiger partial charge is 0.490 e. The quantitative estimate of drug-likeness (QED) is 0.147. The molecular weight excluding hydrogens is 577 g/mol. The average molecular weight is 613 g/mol. The Bertz CT molecular complexity index is 1400. The highest BCUT2D eigenvalue weighted by atomic mass is 35.5. The molecule has 5 N–H and O–H groups in total. The zero-order chi connectivity index (χ0) is 27.1. The summed E-state index contributed by atoms with van der Waals surface area (Å²) in [5.74, 6) is -0.0411. The summed E-state index contributed by atoms with van der Waals surface area (Å²) < 4.78 is 41.2. The third-order valence-electron chi connectivity index (χ3n) is 6.25. The molecule has 0 unspecified atom stereocenters. The van der Waals surface area contributed by atoms with Crippen molar-refractivity contribution in [1.82, 2.24) is 10.0 Å². The molecule has 0 aliphatic carbocycles. The van der Waals surface area contributed by atoms with Crippen molar-refractivity contribution in [1.29, 1.82) is 5.41 Å². The Morgan fingerprint density at radius 1 is 1.05 bits per heavy atom. The lowest BCUT2D eigenvalue weighted by atomic mass is 10.0. The van der Waals surface area contributed by atoms with Crippen LogP contribution >= 0.6 is 24.8 Å². The van der Waals surface area contributed by atoms with Gasteiger partial charge in [0.1, 0.15) is 24.2 Å². The lowest BCUT2D eigenvalue weighted by Gasteiger charge is -2.26. The predicted molar refractivity (Wildman–Crippen MR) is 162 cm³/mol. The van der Waals surface area contributed by atoms with Crippen LogP contribution in [0.2, 0.25) is 0 Å². The van der Waals surface area contributed by atoms with Crippen LogP contribution < -0.4 is 24.8 Å². The molecule has 0 aromatic heterocycles. The maximum atomic E-state index is 13.4. The van der Waals surface area contributed by atoms with Crippen LogP contribution in [-0.4, -0.2) is 52.6 Å². The van der Waals surface area contributed by atoms with Gasteiger partial charge < -0.3 is 20.5 Å². The second-order valence-corrected chi connectivity index (χ2v) is 10.7. The Kier molecular flexibility index (Phi) is 12.5. The van der Waals surface area contributed by atoms with Gasteiger partial charge in [-0.1, -0.05) is 24.3 Å². The standard InChI is InChI=1S/C27H33N5O5S.2ClH/c1-2-36-26(33)17-31-38(34,35)32(23-7-9-24(10-8-23)37-25-11-13-30-14-12-25)18-19-3-4-20-5-6-21(27(28)29)16-22(20)15-19;;/h3-10,15-16,25,30-31H,2,11-14,17-18H2,1H3,(H3,28,29);2*1H. The Balaban J connectivity index is 0.00000280. The van der Waals surface area contributed by atoms with E-state index in [-0.39, 0.29) is 49.9 Å². The van der Waals surface area contributed by atoms with E-state index < -0.39 is 22.7 Å². The van der Waals surface area contributed by atoms with Gasteiger partial charge >= 0.3 is 16.2 Å². The number of halogens is 2. The number of hydrogen-bond donors (Lipinski definition) is 4. The lowest BCUT2D eigenvalue weighted by Crippen LogP contribution is -2.42. The van der Waals surface area contributed by atoms with Crippen molar-refractivity contribution >= 4 is 63.3 Å².